The molecule has 0 saturated carbocycles. The molecule has 1 heterocycles. The second-order valence-electron chi connectivity index (χ2n) is 4.21. The molecular weight excluding hydrogens is 196 g/mol. The van der Waals surface area contributed by atoms with Gasteiger partial charge in [0.25, 0.3) is 0 Å². The average molecular weight is 212 g/mol. The van der Waals surface area contributed by atoms with Gasteiger partial charge in [-0.2, -0.15) is 0 Å². The van der Waals surface area contributed by atoms with Gasteiger partial charge in [0.05, 0.1) is 11.2 Å². The largest absolute Gasteiger partial charge is 0.507 e. The van der Waals surface area contributed by atoms with Gasteiger partial charge in [-0.25, -0.2) is 4.79 Å². The zero-order valence-electron chi connectivity index (χ0n) is 9.20. The molecule has 84 valence electrons. The zero-order valence-corrected chi connectivity index (χ0v) is 9.20. The minimum Gasteiger partial charge on any atom is -0.507 e. The van der Waals surface area contributed by atoms with E-state index >= 15 is 0 Å². The van der Waals surface area contributed by atoms with Crippen molar-refractivity contribution in [2.45, 2.75) is 39.2 Å². The maximum Gasteiger partial charge on any atom is 0.342 e. The van der Waals surface area contributed by atoms with E-state index in [0.717, 1.165) is 0 Å². The molecule has 1 rings (SSSR count). The van der Waals surface area contributed by atoms with Gasteiger partial charge in [-0.05, 0) is 20.3 Å². The predicted octanol–water partition coefficient (Wildman–Crippen LogP) is 1.22. The first-order valence-corrected chi connectivity index (χ1v) is 4.90. The summed E-state index contributed by atoms with van der Waals surface area (Å²) in [5.41, 5.74) is -1.22. The van der Waals surface area contributed by atoms with Crippen LogP contribution >= 0.6 is 0 Å². The second kappa shape index (κ2) is 4.06. The molecule has 0 spiro atoms. The van der Waals surface area contributed by atoms with E-state index in [-0.39, 0.29) is 17.7 Å². The maximum atomic E-state index is 11.4. The van der Waals surface area contributed by atoms with Crippen LogP contribution in [0.5, 0.6) is 5.75 Å². The van der Waals surface area contributed by atoms with Gasteiger partial charge < -0.3 is 14.6 Å². The lowest BCUT2D eigenvalue weighted by atomic mass is 10.0. The summed E-state index contributed by atoms with van der Waals surface area (Å²) in [4.78, 5) is 11.4. The lowest BCUT2D eigenvalue weighted by Gasteiger charge is -2.15. The standard InChI is InChI=1S/C11H16O4/c1-4-8-9(12)5-7(15-10(8)13)6-11(2,3)14/h5,12,14H,4,6H2,1-3H3. The molecule has 0 amide bonds. The molecule has 0 radical (unpaired) electrons. The van der Waals surface area contributed by atoms with Gasteiger partial charge in [-0.3, -0.25) is 0 Å². The highest BCUT2D eigenvalue weighted by Gasteiger charge is 2.17. The molecule has 0 saturated heterocycles. The van der Waals surface area contributed by atoms with E-state index in [2.05, 4.69) is 0 Å². The Kier molecular flexibility index (Phi) is 3.19. The summed E-state index contributed by atoms with van der Waals surface area (Å²) >= 11 is 0. The van der Waals surface area contributed by atoms with E-state index in [0.29, 0.717) is 12.2 Å². The Hall–Kier alpha value is -1.29. The van der Waals surface area contributed by atoms with Gasteiger partial charge in [-0.1, -0.05) is 6.92 Å². The van der Waals surface area contributed by atoms with Crippen molar-refractivity contribution in [2.75, 3.05) is 0 Å². The Morgan fingerprint density at radius 1 is 1.47 bits per heavy atom. The Bertz CT molecular complexity index is 398. The summed E-state index contributed by atoms with van der Waals surface area (Å²) in [7, 11) is 0. The Morgan fingerprint density at radius 2 is 2.07 bits per heavy atom. The maximum absolute atomic E-state index is 11.4. The van der Waals surface area contributed by atoms with Crippen LogP contribution in [0, 0.1) is 0 Å². The molecule has 4 heteroatoms. The average Bonchev–Trinajstić information content (AvgIpc) is 1.99. The highest BCUT2D eigenvalue weighted by atomic mass is 16.4. The molecule has 1 aromatic rings. The highest BCUT2D eigenvalue weighted by Crippen LogP contribution is 2.18. The van der Waals surface area contributed by atoms with Gasteiger partial charge >= 0.3 is 5.63 Å². The molecule has 0 bridgehead atoms. The van der Waals surface area contributed by atoms with E-state index in [9.17, 15) is 15.0 Å². The lowest BCUT2D eigenvalue weighted by molar-refractivity contribution is 0.0741. The molecular formula is C11H16O4. The van der Waals surface area contributed by atoms with Gasteiger partial charge in [0, 0.05) is 12.5 Å². The van der Waals surface area contributed by atoms with Crippen LogP contribution in [0.1, 0.15) is 32.1 Å². The summed E-state index contributed by atoms with van der Waals surface area (Å²) in [5, 5.41) is 19.1. The fourth-order valence-electron chi connectivity index (χ4n) is 1.39. The van der Waals surface area contributed by atoms with E-state index in [1.54, 1.807) is 20.8 Å². The van der Waals surface area contributed by atoms with E-state index in [1.165, 1.54) is 6.07 Å². The summed E-state index contributed by atoms with van der Waals surface area (Å²) in [6, 6.07) is 1.39. The van der Waals surface area contributed by atoms with Crippen molar-refractivity contribution in [2.24, 2.45) is 0 Å². The normalized spacial score (nSPS) is 11.7. The first-order chi connectivity index (χ1) is 6.83. The van der Waals surface area contributed by atoms with Crippen LogP contribution in [-0.4, -0.2) is 15.8 Å². The van der Waals surface area contributed by atoms with Crippen LogP contribution in [0.4, 0.5) is 0 Å². The number of aromatic hydroxyl groups is 1. The third-order valence-electron chi connectivity index (χ3n) is 2.04. The molecule has 0 fully saturated rings. The quantitative estimate of drug-likeness (QED) is 0.790. The van der Waals surface area contributed by atoms with Crippen molar-refractivity contribution in [1.29, 1.82) is 0 Å². The zero-order chi connectivity index (χ0) is 11.6. The molecule has 0 unspecified atom stereocenters. The van der Waals surface area contributed by atoms with Crippen molar-refractivity contribution in [3.63, 3.8) is 0 Å². The number of rotatable bonds is 3. The Labute approximate surface area is 88.2 Å². The molecule has 15 heavy (non-hydrogen) atoms. The summed E-state index contributed by atoms with van der Waals surface area (Å²) < 4.78 is 4.98. The third kappa shape index (κ3) is 3.09. The predicted molar refractivity (Wildman–Crippen MR) is 56.0 cm³/mol. The van der Waals surface area contributed by atoms with Crippen LogP contribution in [-0.2, 0) is 12.8 Å². The summed E-state index contributed by atoms with van der Waals surface area (Å²) in [5.74, 6) is 0.232. The van der Waals surface area contributed by atoms with E-state index in [1.807, 2.05) is 0 Å². The fraction of sp³-hybridized carbons (Fsp3) is 0.545. The monoisotopic (exact) mass is 212 g/mol. The Balaban J connectivity index is 3.10. The SMILES string of the molecule is CCc1c(O)cc(CC(C)(C)O)oc1=O. The summed E-state index contributed by atoms with van der Waals surface area (Å²) in [6.45, 7) is 4.98. The number of hydrogen-bond donors (Lipinski definition) is 2. The minimum atomic E-state index is -0.962. The molecule has 0 aliphatic rings. The molecule has 4 nitrogen and oxygen atoms in total. The van der Waals surface area contributed by atoms with Crippen LogP contribution < -0.4 is 5.63 Å². The van der Waals surface area contributed by atoms with Crippen molar-refractivity contribution in [3.8, 4) is 5.75 Å². The first-order valence-electron chi connectivity index (χ1n) is 4.90. The fourth-order valence-corrected chi connectivity index (χ4v) is 1.39. The molecule has 0 aromatic carbocycles. The number of aliphatic hydroxyl groups is 1. The van der Waals surface area contributed by atoms with Crippen molar-refractivity contribution in [1.82, 2.24) is 0 Å². The molecule has 1 aromatic heterocycles. The van der Waals surface area contributed by atoms with Crippen LogP contribution in [0.25, 0.3) is 0 Å². The Morgan fingerprint density at radius 3 is 2.47 bits per heavy atom. The smallest absolute Gasteiger partial charge is 0.342 e. The van der Waals surface area contributed by atoms with Gasteiger partial charge in [0.1, 0.15) is 11.5 Å². The van der Waals surface area contributed by atoms with Crippen molar-refractivity contribution >= 4 is 0 Å². The van der Waals surface area contributed by atoms with E-state index in [4.69, 9.17) is 4.42 Å². The van der Waals surface area contributed by atoms with Gasteiger partial charge in [0.15, 0.2) is 0 Å². The summed E-state index contributed by atoms with van der Waals surface area (Å²) in [6.07, 6.45) is 0.622. The van der Waals surface area contributed by atoms with Crippen LogP contribution in [0.15, 0.2) is 15.3 Å². The topological polar surface area (TPSA) is 70.7 Å². The minimum absolute atomic E-state index is 0.0620. The van der Waals surface area contributed by atoms with Gasteiger partial charge in [-0.15, -0.1) is 0 Å². The van der Waals surface area contributed by atoms with Crippen molar-refractivity contribution < 1.29 is 14.6 Å². The molecule has 2 N–H and O–H groups in total. The molecule has 0 atom stereocenters. The third-order valence-corrected chi connectivity index (χ3v) is 2.04. The molecule has 0 aliphatic carbocycles. The van der Waals surface area contributed by atoms with Crippen LogP contribution in [0.3, 0.4) is 0 Å². The number of hydrogen-bond acceptors (Lipinski definition) is 4. The molecule has 0 aliphatic heterocycles. The second-order valence-corrected chi connectivity index (χ2v) is 4.21. The lowest BCUT2D eigenvalue weighted by Crippen LogP contribution is -2.23. The van der Waals surface area contributed by atoms with Gasteiger partial charge in [0.2, 0.25) is 0 Å². The van der Waals surface area contributed by atoms with Crippen molar-refractivity contribution in [3.05, 3.63) is 27.8 Å². The van der Waals surface area contributed by atoms with E-state index < -0.39 is 11.2 Å². The first kappa shape index (κ1) is 11.8. The highest BCUT2D eigenvalue weighted by molar-refractivity contribution is 5.30. The van der Waals surface area contributed by atoms with Crippen LogP contribution in [0.2, 0.25) is 0 Å².